The van der Waals surface area contributed by atoms with Gasteiger partial charge in [0.05, 0.1) is 0 Å². The van der Waals surface area contributed by atoms with Crippen molar-refractivity contribution in [3.63, 3.8) is 0 Å². The van der Waals surface area contributed by atoms with E-state index in [1.807, 2.05) is 42.5 Å². The average molecular weight is 592 g/mol. The predicted molar refractivity (Wildman–Crippen MR) is 116 cm³/mol. The first-order valence-electron chi connectivity index (χ1n) is 5.75. The Morgan fingerprint density at radius 1 is 0.947 bits per heavy atom. The third kappa shape index (κ3) is 9.84. The highest BCUT2D eigenvalue weighted by Gasteiger charge is 1.95. The Balaban J connectivity index is 0. The van der Waals surface area contributed by atoms with Crippen molar-refractivity contribution in [3.05, 3.63) is 78.4 Å². The van der Waals surface area contributed by atoms with E-state index in [1.54, 1.807) is 0 Å². The quantitative estimate of drug-likeness (QED) is 0.250. The number of rotatable bonds is 2. The zero-order valence-electron chi connectivity index (χ0n) is 10.8. The Morgan fingerprint density at radius 3 is 1.63 bits per heavy atom. The van der Waals surface area contributed by atoms with Crippen LogP contribution < -0.4 is 0 Å². The highest BCUT2D eigenvalue weighted by molar-refractivity contribution is 15.0. The molecule has 3 heteroatoms. The fourth-order valence-electron chi connectivity index (χ4n) is 1.31. The minimum Gasteiger partial charge on any atom is -0.0985 e. The van der Waals surface area contributed by atoms with Gasteiger partial charge in [-0.15, -0.1) is 0 Å². The molecule has 0 fully saturated rings. The lowest BCUT2D eigenvalue weighted by molar-refractivity contribution is 1.15. The fourth-order valence-corrected chi connectivity index (χ4v) is 1.72. The fraction of sp³-hybridized carbons (Fsp3) is 0.125. The van der Waals surface area contributed by atoms with Gasteiger partial charge in [0.1, 0.15) is 0 Å². The smallest absolute Gasteiger partial charge is 0.0331 e. The molecule has 0 aromatic heterocycles. The van der Waals surface area contributed by atoms with E-state index in [9.17, 15) is 0 Å². The lowest BCUT2D eigenvalue weighted by Crippen LogP contribution is -1.79. The predicted octanol–water partition coefficient (Wildman–Crippen LogP) is 7.53. The first-order valence-corrected chi connectivity index (χ1v) is 13.3. The topological polar surface area (TPSA) is 0 Å². The highest BCUT2D eigenvalue weighted by atomic mass is 128. The van der Waals surface area contributed by atoms with Gasteiger partial charge in [0.15, 0.2) is 0 Å². The van der Waals surface area contributed by atoms with Crippen LogP contribution in [0, 0.1) is 0 Å². The van der Waals surface area contributed by atoms with Gasteiger partial charge in [-0.05, 0) is 18.1 Å². The van der Waals surface area contributed by atoms with E-state index in [0.717, 1.165) is 0 Å². The first-order chi connectivity index (χ1) is 9.24. The SMILES string of the molecule is C=Cc1ccccc1.CC(I)c1ccccc1.II.[HH]. The number of hydrogen-bond donors (Lipinski definition) is 0. The summed E-state index contributed by atoms with van der Waals surface area (Å²) in [5.74, 6) is 0. The maximum absolute atomic E-state index is 3.63. The van der Waals surface area contributed by atoms with Crippen LogP contribution in [0.5, 0.6) is 0 Å². The summed E-state index contributed by atoms with van der Waals surface area (Å²) in [6.45, 7) is 5.82. The first kappa shape index (κ1) is 19.4. The van der Waals surface area contributed by atoms with E-state index >= 15 is 0 Å². The van der Waals surface area contributed by atoms with Gasteiger partial charge in [-0.25, -0.2) is 0 Å². The molecular formula is C16H19I3. The van der Waals surface area contributed by atoms with E-state index in [0.29, 0.717) is 3.92 Å². The largest absolute Gasteiger partial charge is 0.0985 e. The maximum atomic E-state index is 3.63. The zero-order chi connectivity index (χ0) is 14.5. The summed E-state index contributed by atoms with van der Waals surface area (Å²) in [6, 6.07) is 20.5. The molecule has 0 N–H and O–H groups in total. The Bertz CT molecular complexity index is 430. The summed E-state index contributed by atoms with van der Waals surface area (Å²) in [7, 11) is 0. The van der Waals surface area contributed by atoms with E-state index in [2.05, 4.69) is 97.6 Å². The van der Waals surface area contributed by atoms with Crippen LogP contribution in [0.1, 0.15) is 23.4 Å². The van der Waals surface area contributed by atoms with Crippen molar-refractivity contribution >= 4 is 65.9 Å². The Labute approximate surface area is 155 Å². The Hall–Kier alpha value is 0.370. The van der Waals surface area contributed by atoms with Crippen LogP contribution >= 0.6 is 59.8 Å². The second-order valence-corrected chi connectivity index (χ2v) is 5.51. The lowest BCUT2D eigenvalue weighted by atomic mass is 10.2. The molecule has 0 aliphatic rings. The molecule has 1 atom stereocenters. The summed E-state index contributed by atoms with van der Waals surface area (Å²) >= 11 is 6.65. The van der Waals surface area contributed by atoms with Crippen molar-refractivity contribution in [1.29, 1.82) is 0 Å². The monoisotopic (exact) mass is 592 g/mol. The number of hydrogen-bond acceptors (Lipinski definition) is 0. The molecule has 2 rings (SSSR count). The molecule has 0 aliphatic carbocycles. The van der Waals surface area contributed by atoms with Gasteiger partial charge in [-0.2, -0.15) is 0 Å². The van der Waals surface area contributed by atoms with Crippen molar-refractivity contribution in [1.82, 2.24) is 0 Å². The van der Waals surface area contributed by atoms with E-state index in [-0.39, 0.29) is 1.43 Å². The molecule has 1 unspecified atom stereocenters. The molecule has 19 heavy (non-hydrogen) atoms. The second kappa shape index (κ2) is 13.4. The van der Waals surface area contributed by atoms with Gasteiger partial charge < -0.3 is 0 Å². The molecule has 2 aromatic rings. The third-order valence-corrected chi connectivity index (χ3v) is 3.01. The molecule has 104 valence electrons. The van der Waals surface area contributed by atoms with Gasteiger partial charge in [0, 0.05) is 42.6 Å². The van der Waals surface area contributed by atoms with Crippen LogP contribution in [0.3, 0.4) is 0 Å². The normalized spacial score (nSPS) is 10.1. The van der Waals surface area contributed by atoms with Crippen molar-refractivity contribution in [2.24, 2.45) is 0 Å². The van der Waals surface area contributed by atoms with Gasteiger partial charge in [0.25, 0.3) is 0 Å². The summed E-state index contributed by atoms with van der Waals surface area (Å²) < 4.78 is 0.629. The molecule has 0 aliphatic heterocycles. The van der Waals surface area contributed by atoms with Crippen molar-refractivity contribution < 1.29 is 1.43 Å². The maximum Gasteiger partial charge on any atom is 0.0331 e. The number of halogens is 3. The van der Waals surface area contributed by atoms with E-state index in [1.165, 1.54) is 11.1 Å². The Morgan fingerprint density at radius 2 is 1.37 bits per heavy atom. The lowest BCUT2D eigenvalue weighted by Gasteiger charge is -1.99. The van der Waals surface area contributed by atoms with Crippen LogP contribution in [-0.2, 0) is 0 Å². The third-order valence-electron chi connectivity index (χ3n) is 2.29. The molecule has 0 bridgehead atoms. The summed E-state index contributed by atoms with van der Waals surface area (Å²) in [5.41, 5.74) is 2.57. The molecule has 0 amide bonds. The second-order valence-electron chi connectivity index (χ2n) is 3.64. The van der Waals surface area contributed by atoms with Crippen LogP contribution in [-0.4, -0.2) is 0 Å². The minimum absolute atomic E-state index is 0. The standard InChI is InChI=1S/C8H9I.C8H8.I2.H2/c1-7(9)8-5-3-2-4-6-8;1-2-8-6-4-3-5-7-8;1-2;/h2-7H,1H3;2-7H,1H2;;1H. The molecular weight excluding hydrogens is 573 g/mol. The van der Waals surface area contributed by atoms with Gasteiger partial charge in [-0.1, -0.05) is 95.9 Å². The molecule has 0 saturated heterocycles. The van der Waals surface area contributed by atoms with Crippen LogP contribution in [0.4, 0.5) is 0 Å². The molecule has 0 radical (unpaired) electrons. The Kier molecular flexibility index (Phi) is 13.6. The van der Waals surface area contributed by atoms with Gasteiger partial charge in [-0.3, -0.25) is 0 Å². The molecule has 2 aromatic carbocycles. The minimum atomic E-state index is 0. The average Bonchev–Trinajstić information content (AvgIpc) is 2.51. The molecule has 0 saturated carbocycles. The van der Waals surface area contributed by atoms with Crippen LogP contribution in [0.15, 0.2) is 67.2 Å². The van der Waals surface area contributed by atoms with Crippen molar-refractivity contribution in [3.8, 4) is 0 Å². The van der Waals surface area contributed by atoms with Crippen LogP contribution in [0.25, 0.3) is 6.08 Å². The summed E-state index contributed by atoms with van der Waals surface area (Å²) in [4.78, 5) is 0. The molecule has 0 nitrogen and oxygen atoms in total. The summed E-state index contributed by atoms with van der Waals surface area (Å²) in [6.07, 6.45) is 1.83. The van der Waals surface area contributed by atoms with Gasteiger partial charge >= 0.3 is 0 Å². The highest BCUT2D eigenvalue weighted by Crippen LogP contribution is 2.20. The zero-order valence-corrected chi connectivity index (χ0v) is 17.2. The van der Waals surface area contributed by atoms with Crippen molar-refractivity contribution in [2.75, 3.05) is 0 Å². The molecule has 0 spiro atoms. The van der Waals surface area contributed by atoms with E-state index in [4.69, 9.17) is 0 Å². The number of alkyl halides is 1. The van der Waals surface area contributed by atoms with Crippen LogP contribution in [0.2, 0.25) is 0 Å². The molecule has 0 heterocycles. The number of benzene rings is 2. The summed E-state index contributed by atoms with van der Waals surface area (Å²) in [5, 5.41) is 0. The van der Waals surface area contributed by atoms with Crippen molar-refractivity contribution in [2.45, 2.75) is 10.8 Å². The van der Waals surface area contributed by atoms with Gasteiger partial charge in [0.2, 0.25) is 0 Å². The van der Waals surface area contributed by atoms with E-state index < -0.39 is 0 Å².